The van der Waals surface area contributed by atoms with Crippen LogP contribution in [0.15, 0.2) is 40.7 Å². The van der Waals surface area contributed by atoms with Gasteiger partial charge < -0.3 is 5.32 Å². The molecule has 2 heterocycles. The van der Waals surface area contributed by atoms with Gasteiger partial charge in [-0.25, -0.2) is 8.42 Å². The number of carbonyl (C=O) groups is 3. The van der Waals surface area contributed by atoms with E-state index in [4.69, 9.17) is 11.6 Å². The average molecular weight is 413 g/mol. The number of rotatable bonds is 4. The number of benzene rings is 1. The molecule has 1 aromatic carbocycles. The fourth-order valence-electron chi connectivity index (χ4n) is 2.41. The fourth-order valence-corrected chi connectivity index (χ4v) is 4.61. The van der Waals surface area contributed by atoms with E-state index >= 15 is 0 Å². The Morgan fingerprint density at radius 1 is 1.31 bits per heavy atom. The topological polar surface area (TPSA) is 101 Å². The van der Waals surface area contributed by atoms with Crippen molar-refractivity contribution in [3.8, 4) is 0 Å². The van der Waals surface area contributed by atoms with Crippen molar-refractivity contribution < 1.29 is 22.8 Å². The minimum Gasteiger partial charge on any atom is -0.347 e. The summed E-state index contributed by atoms with van der Waals surface area (Å²) in [7, 11) is -3.30. The number of amides is 3. The molecule has 0 bridgehead atoms. The van der Waals surface area contributed by atoms with Gasteiger partial charge in [0.05, 0.1) is 16.7 Å². The van der Waals surface area contributed by atoms with Crippen molar-refractivity contribution >= 4 is 56.3 Å². The predicted molar refractivity (Wildman–Crippen MR) is 99.0 cm³/mol. The van der Waals surface area contributed by atoms with E-state index in [0.29, 0.717) is 10.6 Å². The Morgan fingerprint density at radius 2 is 2.00 bits per heavy atom. The fraction of sp³-hybridized carbons (Fsp3) is 0.188. The third-order valence-corrected chi connectivity index (χ3v) is 6.17. The molecule has 0 radical (unpaired) electrons. The Hall–Kier alpha value is -2.10. The van der Waals surface area contributed by atoms with Gasteiger partial charge in [0.1, 0.15) is 6.54 Å². The zero-order valence-electron chi connectivity index (χ0n) is 13.2. The highest BCUT2D eigenvalue weighted by atomic mass is 35.5. The van der Waals surface area contributed by atoms with Gasteiger partial charge in [0.2, 0.25) is 5.91 Å². The summed E-state index contributed by atoms with van der Waals surface area (Å²) in [5, 5.41) is 3.51. The standard InChI is InChI=1S/C16H13ClN2O5S2/c17-11-3-1-10(2-4-11)7-13-15(21)19(16(22)25-13)8-14(20)18-12-5-6-26(23,24)9-12/h1-7,12H,8-9H2,(H,18,20)/b13-7-/t12-/m0/s1. The van der Waals surface area contributed by atoms with Gasteiger partial charge in [-0.3, -0.25) is 19.3 Å². The van der Waals surface area contributed by atoms with Crippen LogP contribution < -0.4 is 5.32 Å². The minimum atomic E-state index is -3.30. The summed E-state index contributed by atoms with van der Waals surface area (Å²) in [5.41, 5.74) is 0.700. The van der Waals surface area contributed by atoms with Gasteiger partial charge in [0, 0.05) is 10.4 Å². The average Bonchev–Trinajstić information content (AvgIpc) is 3.03. The van der Waals surface area contributed by atoms with E-state index in [1.807, 2.05) is 0 Å². The van der Waals surface area contributed by atoms with E-state index in [0.717, 1.165) is 22.1 Å². The molecule has 0 saturated carbocycles. The van der Waals surface area contributed by atoms with Crippen LogP contribution in [-0.2, 0) is 19.4 Å². The minimum absolute atomic E-state index is 0.202. The molecule has 2 aliphatic heterocycles. The number of halogens is 1. The summed E-state index contributed by atoms with van der Waals surface area (Å²) in [6.45, 7) is -0.465. The van der Waals surface area contributed by atoms with Crippen molar-refractivity contribution in [1.29, 1.82) is 0 Å². The summed E-state index contributed by atoms with van der Waals surface area (Å²) in [5.74, 6) is -1.40. The normalized spacial score (nSPS) is 23.0. The maximum atomic E-state index is 12.4. The van der Waals surface area contributed by atoms with Crippen molar-refractivity contribution in [2.24, 2.45) is 0 Å². The molecule has 3 amide bonds. The number of imide groups is 1. The Morgan fingerprint density at radius 3 is 2.62 bits per heavy atom. The van der Waals surface area contributed by atoms with Crippen LogP contribution in [0.1, 0.15) is 5.56 Å². The van der Waals surface area contributed by atoms with Crippen molar-refractivity contribution in [3.05, 3.63) is 51.2 Å². The van der Waals surface area contributed by atoms with Crippen LogP contribution >= 0.6 is 23.4 Å². The Labute approximate surface area is 159 Å². The first-order chi connectivity index (χ1) is 12.2. The number of nitrogens with one attached hydrogen (secondary N) is 1. The molecular weight excluding hydrogens is 400 g/mol. The van der Waals surface area contributed by atoms with Gasteiger partial charge >= 0.3 is 0 Å². The number of sulfone groups is 1. The molecule has 0 aliphatic carbocycles. The molecule has 1 aromatic rings. The second-order valence-electron chi connectivity index (χ2n) is 5.65. The van der Waals surface area contributed by atoms with E-state index in [1.54, 1.807) is 30.3 Å². The van der Waals surface area contributed by atoms with Crippen LogP contribution in [-0.4, -0.2) is 48.7 Å². The maximum absolute atomic E-state index is 12.4. The molecule has 1 saturated heterocycles. The van der Waals surface area contributed by atoms with E-state index in [-0.39, 0.29) is 10.7 Å². The van der Waals surface area contributed by atoms with Gasteiger partial charge in [-0.15, -0.1) is 0 Å². The van der Waals surface area contributed by atoms with E-state index in [9.17, 15) is 22.8 Å². The lowest BCUT2D eigenvalue weighted by Gasteiger charge is -2.14. The first kappa shape index (κ1) is 18.7. The summed E-state index contributed by atoms with van der Waals surface area (Å²) in [6.07, 6.45) is 2.91. The molecule has 0 spiro atoms. The van der Waals surface area contributed by atoms with Crippen LogP contribution in [0.3, 0.4) is 0 Å². The third-order valence-electron chi connectivity index (χ3n) is 3.62. The molecule has 3 rings (SSSR count). The number of nitrogens with zero attached hydrogens (tertiary/aromatic N) is 1. The molecule has 0 aromatic heterocycles. The lowest BCUT2D eigenvalue weighted by Crippen LogP contribution is -2.43. The predicted octanol–water partition coefficient (Wildman–Crippen LogP) is 1.80. The molecule has 1 atom stereocenters. The molecular formula is C16H13ClN2O5S2. The number of hydrogen-bond donors (Lipinski definition) is 1. The van der Waals surface area contributed by atoms with Crippen molar-refractivity contribution in [2.75, 3.05) is 12.3 Å². The molecule has 26 heavy (non-hydrogen) atoms. The highest BCUT2D eigenvalue weighted by molar-refractivity contribution is 8.18. The Bertz CT molecular complexity index is 938. The Balaban J connectivity index is 1.64. The second-order valence-corrected chi connectivity index (χ2v) is 9.01. The van der Waals surface area contributed by atoms with E-state index in [2.05, 4.69) is 5.32 Å². The van der Waals surface area contributed by atoms with Crippen LogP contribution in [0.25, 0.3) is 6.08 Å². The van der Waals surface area contributed by atoms with Crippen molar-refractivity contribution in [1.82, 2.24) is 10.2 Å². The first-order valence-electron chi connectivity index (χ1n) is 7.45. The SMILES string of the molecule is O=C(CN1C(=O)S/C(=C\c2ccc(Cl)cc2)C1=O)N[C@H]1C=CS(=O)(=O)C1. The number of hydrogen-bond acceptors (Lipinski definition) is 6. The van der Waals surface area contributed by atoms with Gasteiger partial charge in [0.25, 0.3) is 11.1 Å². The molecule has 0 unspecified atom stereocenters. The summed E-state index contributed by atoms with van der Waals surface area (Å²) in [4.78, 5) is 37.5. The second kappa shape index (κ2) is 7.26. The maximum Gasteiger partial charge on any atom is 0.294 e. The molecule has 136 valence electrons. The van der Waals surface area contributed by atoms with Crippen molar-refractivity contribution in [2.45, 2.75) is 6.04 Å². The monoisotopic (exact) mass is 412 g/mol. The lowest BCUT2D eigenvalue weighted by atomic mass is 10.2. The molecule has 2 aliphatic rings. The van der Waals surface area contributed by atoms with E-state index in [1.165, 1.54) is 6.08 Å². The Kier molecular flexibility index (Phi) is 5.22. The van der Waals surface area contributed by atoms with Gasteiger partial charge in [-0.05, 0) is 41.6 Å². The third kappa shape index (κ3) is 4.35. The molecule has 1 fully saturated rings. The highest BCUT2D eigenvalue weighted by Crippen LogP contribution is 2.32. The van der Waals surface area contributed by atoms with Crippen LogP contribution in [0.4, 0.5) is 4.79 Å². The molecule has 1 N–H and O–H groups in total. The summed E-state index contributed by atoms with van der Waals surface area (Å²) < 4.78 is 22.7. The largest absolute Gasteiger partial charge is 0.347 e. The molecule has 10 heteroatoms. The van der Waals surface area contributed by atoms with Crippen molar-refractivity contribution in [3.63, 3.8) is 0 Å². The van der Waals surface area contributed by atoms with E-state index < -0.39 is 39.5 Å². The first-order valence-corrected chi connectivity index (χ1v) is 10.4. The summed E-state index contributed by atoms with van der Waals surface area (Å²) >= 11 is 6.55. The highest BCUT2D eigenvalue weighted by Gasteiger charge is 2.36. The zero-order valence-corrected chi connectivity index (χ0v) is 15.6. The van der Waals surface area contributed by atoms with Gasteiger partial charge in [-0.2, -0.15) is 0 Å². The smallest absolute Gasteiger partial charge is 0.294 e. The van der Waals surface area contributed by atoms with Crippen LogP contribution in [0.5, 0.6) is 0 Å². The van der Waals surface area contributed by atoms with Crippen LogP contribution in [0, 0.1) is 0 Å². The van der Waals surface area contributed by atoms with Crippen LogP contribution in [0.2, 0.25) is 5.02 Å². The zero-order chi connectivity index (χ0) is 18.9. The number of thioether (sulfide) groups is 1. The summed E-state index contributed by atoms with van der Waals surface area (Å²) in [6, 6.07) is 6.07. The van der Waals surface area contributed by atoms with Gasteiger partial charge in [0.15, 0.2) is 9.84 Å². The number of carbonyl (C=O) groups excluding carboxylic acids is 3. The van der Waals surface area contributed by atoms with Gasteiger partial charge in [-0.1, -0.05) is 23.7 Å². The molecule has 7 nitrogen and oxygen atoms in total. The quantitative estimate of drug-likeness (QED) is 0.757. The lowest BCUT2D eigenvalue weighted by molar-refractivity contribution is -0.129.